The molecule has 12 heteroatoms. The Balaban J connectivity index is 1.79. The summed E-state index contributed by atoms with van der Waals surface area (Å²) in [4.78, 5) is 64.1. The fourth-order valence-electron chi connectivity index (χ4n) is 4.88. The van der Waals surface area contributed by atoms with Crippen LogP contribution in [-0.2, 0) is 41.7 Å². The lowest BCUT2D eigenvalue weighted by Crippen LogP contribution is -2.59. The molecule has 1 saturated heterocycles. The third-order valence-corrected chi connectivity index (χ3v) is 6.99. The van der Waals surface area contributed by atoms with Crippen LogP contribution in [0.5, 0.6) is 0 Å². The lowest BCUT2D eigenvalue weighted by atomic mass is 9.97. The lowest BCUT2D eigenvalue weighted by Gasteiger charge is -2.31. The number of hydrogen-bond acceptors (Lipinski definition) is 7. The molecule has 1 heterocycles. The molecular formula is C32H42N4O8. The highest BCUT2D eigenvalue weighted by atomic mass is 16.6. The highest BCUT2D eigenvalue weighted by molar-refractivity contribution is 5.93. The molecule has 0 bridgehead atoms. The van der Waals surface area contributed by atoms with Crippen LogP contribution in [0.3, 0.4) is 0 Å². The van der Waals surface area contributed by atoms with Crippen LogP contribution in [0.1, 0.15) is 51.7 Å². The summed E-state index contributed by atoms with van der Waals surface area (Å²) in [5, 5.41) is 20.2. The second kappa shape index (κ2) is 15.9. The van der Waals surface area contributed by atoms with E-state index in [-0.39, 0.29) is 25.4 Å². The summed E-state index contributed by atoms with van der Waals surface area (Å²) in [6, 6.07) is 14.1. The van der Waals surface area contributed by atoms with Gasteiger partial charge in [-0.2, -0.15) is 0 Å². The van der Waals surface area contributed by atoms with Crippen molar-refractivity contribution in [3.05, 3.63) is 71.8 Å². The van der Waals surface area contributed by atoms with Gasteiger partial charge in [0.25, 0.3) is 0 Å². The zero-order valence-electron chi connectivity index (χ0n) is 25.5. The second-order valence-corrected chi connectivity index (χ2v) is 11.8. The third-order valence-electron chi connectivity index (χ3n) is 6.99. The Labute approximate surface area is 257 Å². The van der Waals surface area contributed by atoms with Crippen molar-refractivity contribution in [3.63, 3.8) is 0 Å². The summed E-state index contributed by atoms with van der Waals surface area (Å²) in [5.41, 5.74) is 0.793. The van der Waals surface area contributed by atoms with Crippen molar-refractivity contribution in [1.29, 1.82) is 0 Å². The van der Waals surface area contributed by atoms with Crippen molar-refractivity contribution >= 4 is 29.8 Å². The number of carbonyl (C=O) groups is 5. The molecule has 2 aromatic carbocycles. The highest BCUT2D eigenvalue weighted by Gasteiger charge is 2.36. The molecule has 2 aromatic rings. The Hall–Kier alpha value is -4.45. The number of carbonyl (C=O) groups excluding carboxylic acids is 4. The molecule has 1 aliphatic heterocycles. The standard InChI is InChI=1S/C32H42N4O8/c1-20(44-32(2,3)4)26(36-31(42)43-19-22-13-9-6-10-14-22)29(39)34-24(17-21-11-7-5-8-12-21)28(38)35-25(30(40)41)18-23-15-16-33-27(23)37/h5-14,20,23-26H,15-19H2,1-4H3,(H,33,37)(H,34,39)(H,35,38)(H,36,42)(H,40,41)/t20?,23-,24?,25?,26?/m0/s1. The molecule has 12 nitrogen and oxygen atoms in total. The molecule has 1 aliphatic rings. The number of alkyl carbamates (subject to hydrolysis) is 1. The first-order valence-electron chi connectivity index (χ1n) is 14.6. The van der Waals surface area contributed by atoms with E-state index in [1.165, 1.54) is 0 Å². The van der Waals surface area contributed by atoms with Crippen LogP contribution in [-0.4, -0.2) is 71.3 Å². The minimum Gasteiger partial charge on any atom is -0.480 e. The molecule has 0 aromatic heterocycles. The number of rotatable bonds is 14. The van der Waals surface area contributed by atoms with E-state index in [9.17, 15) is 29.1 Å². The van der Waals surface area contributed by atoms with Gasteiger partial charge in [-0.1, -0.05) is 60.7 Å². The Kier molecular flexibility index (Phi) is 12.3. The van der Waals surface area contributed by atoms with Crippen molar-refractivity contribution in [2.75, 3.05) is 6.54 Å². The van der Waals surface area contributed by atoms with Crippen LogP contribution in [0.25, 0.3) is 0 Å². The van der Waals surface area contributed by atoms with E-state index < -0.39 is 59.6 Å². The smallest absolute Gasteiger partial charge is 0.408 e. The van der Waals surface area contributed by atoms with Gasteiger partial charge in [-0.15, -0.1) is 0 Å². The number of amides is 4. The van der Waals surface area contributed by atoms with Crippen molar-refractivity contribution in [3.8, 4) is 0 Å². The van der Waals surface area contributed by atoms with Gasteiger partial charge in [-0.05, 0) is 51.7 Å². The molecular weight excluding hydrogens is 568 g/mol. The van der Waals surface area contributed by atoms with Crippen LogP contribution in [0, 0.1) is 5.92 Å². The van der Waals surface area contributed by atoms with E-state index in [4.69, 9.17) is 9.47 Å². The van der Waals surface area contributed by atoms with Gasteiger partial charge < -0.3 is 35.8 Å². The monoisotopic (exact) mass is 610 g/mol. The quantitative estimate of drug-likeness (QED) is 0.217. The van der Waals surface area contributed by atoms with Crippen LogP contribution >= 0.6 is 0 Å². The SMILES string of the molecule is CC(OC(C)(C)C)C(NC(=O)OCc1ccccc1)C(=O)NC(Cc1ccccc1)C(=O)NC(C[C@@H]1CCNC1=O)C(=O)O. The Morgan fingerprint density at radius 3 is 2.05 bits per heavy atom. The molecule has 3 rings (SSSR count). The molecule has 0 saturated carbocycles. The van der Waals surface area contributed by atoms with Gasteiger partial charge in [0.2, 0.25) is 17.7 Å². The second-order valence-electron chi connectivity index (χ2n) is 11.8. The first-order valence-corrected chi connectivity index (χ1v) is 14.6. The van der Waals surface area contributed by atoms with Gasteiger partial charge in [0.1, 0.15) is 24.7 Å². The lowest BCUT2D eigenvalue weighted by molar-refractivity contribution is -0.143. The first-order chi connectivity index (χ1) is 20.8. The molecule has 4 unspecified atom stereocenters. The molecule has 4 amide bonds. The summed E-state index contributed by atoms with van der Waals surface area (Å²) in [7, 11) is 0. The van der Waals surface area contributed by atoms with Crippen LogP contribution < -0.4 is 21.3 Å². The average Bonchev–Trinajstić information content (AvgIpc) is 3.37. The number of nitrogens with one attached hydrogen (secondary N) is 4. The number of benzene rings is 2. The number of hydrogen-bond donors (Lipinski definition) is 5. The zero-order chi connectivity index (χ0) is 32.3. The minimum absolute atomic E-state index is 0.0237. The molecule has 0 aliphatic carbocycles. The molecule has 0 spiro atoms. The van der Waals surface area contributed by atoms with Gasteiger partial charge in [0, 0.05) is 18.9 Å². The van der Waals surface area contributed by atoms with Crippen molar-refractivity contribution in [2.45, 2.75) is 83.4 Å². The molecule has 5 atom stereocenters. The third kappa shape index (κ3) is 11.0. The maximum Gasteiger partial charge on any atom is 0.408 e. The molecule has 0 radical (unpaired) electrons. The fraction of sp³-hybridized carbons (Fsp3) is 0.469. The normalized spacial score (nSPS) is 17.4. The van der Waals surface area contributed by atoms with Gasteiger partial charge in [0.15, 0.2) is 0 Å². The summed E-state index contributed by atoms with van der Waals surface area (Å²) < 4.78 is 11.3. The van der Waals surface area contributed by atoms with Crippen molar-refractivity contribution in [2.24, 2.45) is 5.92 Å². The first kappa shape index (κ1) is 34.0. The molecule has 1 fully saturated rings. The highest BCUT2D eigenvalue weighted by Crippen LogP contribution is 2.17. The summed E-state index contributed by atoms with van der Waals surface area (Å²) in [5.74, 6) is -3.58. The van der Waals surface area contributed by atoms with Gasteiger partial charge in [0.05, 0.1) is 11.7 Å². The van der Waals surface area contributed by atoms with Crippen molar-refractivity contribution < 1.29 is 38.6 Å². The van der Waals surface area contributed by atoms with Crippen LogP contribution in [0.4, 0.5) is 4.79 Å². The van der Waals surface area contributed by atoms with E-state index in [1.807, 2.05) is 6.07 Å². The minimum atomic E-state index is -1.35. The van der Waals surface area contributed by atoms with E-state index in [1.54, 1.807) is 82.3 Å². The predicted molar refractivity (Wildman–Crippen MR) is 161 cm³/mol. The zero-order valence-corrected chi connectivity index (χ0v) is 25.5. The Morgan fingerprint density at radius 1 is 0.909 bits per heavy atom. The largest absolute Gasteiger partial charge is 0.480 e. The molecule has 44 heavy (non-hydrogen) atoms. The number of ether oxygens (including phenoxy) is 2. The Bertz CT molecular complexity index is 1280. The molecule has 238 valence electrons. The average molecular weight is 611 g/mol. The summed E-state index contributed by atoms with van der Waals surface area (Å²) >= 11 is 0. The predicted octanol–water partition coefficient (Wildman–Crippen LogP) is 2.31. The van der Waals surface area contributed by atoms with E-state index in [0.29, 0.717) is 18.5 Å². The molecule has 5 N–H and O–H groups in total. The van der Waals surface area contributed by atoms with Crippen LogP contribution in [0.15, 0.2) is 60.7 Å². The fourth-order valence-corrected chi connectivity index (χ4v) is 4.88. The summed E-state index contributed by atoms with van der Waals surface area (Å²) in [6.45, 7) is 7.43. The topological polar surface area (TPSA) is 172 Å². The van der Waals surface area contributed by atoms with E-state index >= 15 is 0 Å². The van der Waals surface area contributed by atoms with Crippen molar-refractivity contribution in [1.82, 2.24) is 21.3 Å². The van der Waals surface area contributed by atoms with E-state index in [2.05, 4.69) is 21.3 Å². The maximum atomic E-state index is 13.7. The Morgan fingerprint density at radius 2 is 1.50 bits per heavy atom. The number of carboxylic acids is 1. The van der Waals surface area contributed by atoms with Crippen LogP contribution in [0.2, 0.25) is 0 Å². The van der Waals surface area contributed by atoms with Gasteiger partial charge in [-0.3, -0.25) is 14.4 Å². The number of aliphatic carboxylic acids is 1. The number of carboxylic acid groups (broad SMARTS) is 1. The van der Waals surface area contributed by atoms with Gasteiger partial charge in [-0.25, -0.2) is 9.59 Å². The maximum absolute atomic E-state index is 13.7. The van der Waals surface area contributed by atoms with Gasteiger partial charge >= 0.3 is 12.1 Å². The summed E-state index contributed by atoms with van der Waals surface area (Å²) in [6.07, 6.45) is -1.29. The van der Waals surface area contributed by atoms with E-state index in [0.717, 1.165) is 5.56 Å².